The molecule has 0 amide bonds. The smallest absolute Gasteiger partial charge is 0.0530 e. The number of rotatable bonds is 4. The first-order chi connectivity index (χ1) is 5.81. The molecule has 0 saturated heterocycles. The highest BCUT2D eigenvalue weighted by Crippen LogP contribution is 2.12. The molecule has 1 aromatic rings. The number of nitrogens with zero attached hydrogens (tertiary/aromatic N) is 2. The van der Waals surface area contributed by atoms with Crippen LogP contribution < -0.4 is 5.73 Å². The summed E-state index contributed by atoms with van der Waals surface area (Å²) in [6, 6.07) is 0. The van der Waals surface area contributed by atoms with Crippen molar-refractivity contribution < 1.29 is 5.11 Å². The number of hydrogen-bond acceptors (Lipinski definition) is 3. The molecule has 0 saturated carbocycles. The van der Waals surface area contributed by atoms with Crippen LogP contribution in [0.5, 0.6) is 0 Å². The molecule has 0 aliphatic heterocycles. The molecular weight excluding hydrogens is 154 g/mol. The minimum atomic E-state index is -0.0151. The second-order valence-corrected chi connectivity index (χ2v) is 2.55. The lowest BCUT2D eigenvalue weighted by atomic mass is 10.1. The van der Waals surface area contributed by atoms with E-state index in [9.17, 15) is 0 Å². The maximum absolute atomic E-state index is 8.92. The van der Waals surface area contributed by atoms with Crippen molar-refractivity contribution in [2.24, 2.45) is 5.73 Å². The van der Waals surface area contributed by atoms with Crippen LogP contribution in [0.4, 0.5) is 0 Å². The van der Waals surface area contributed by atoms with Crippen molar-refractivity contribution in [2.75, 3.05) is 13.2 Å². The van der Waals surface area contributed by atoms with Gasteiger partial charge in [0.05, 0.1) is 12.8 Å². The molecule has 0 aromatic carbocycles. The maximum Gasteiger partial charge on any atom is 0.0530 e. The van der Waals surface area contributed by atoms with Gasteiger partial charge in [-0.15, -0.1) is 0 Å². The largest absolute Gasteiger partial charge is 0.396 e. The van der Waals surface area contributed by atoms with Gasteiger partial charge >= 0.3 is 0 Å². The van der Waals surface area contributed by atoms with Crippen molar-refractivity contribution in [1.82, 2.24) is 9.78 Å². The van der Waals surface area contributed by atoms with Gasteiger partial charge in [-0.05, 0) is 5.56 Å². The molecule has 0 bridgehead atoms. The SMILES string of the molecule is C=Cn1cc(C(CN)CO)cn1. The molecule has 1 atom stereocenters. The summed E-state index contributed by atoms with van der Waals surface area (Å²) in [5.41, 5.74) is 6.39. The first kappa shape index (κ1) is 8.96. The van der Waals surface area contributed by atoms with Crippen molar-refractivity contribution in [3.8, 4) is 0 Å². The Balaban J connectivity index is 2.79. The van der Waals surface area contributed by atoms with Crippen LogP contribution in [0.15, 0.2) is 19.0 Å². The summed E-state index contributed by atoms with van der Waals surface area (Å²) >= 11 is 0. The van der Waals surface area contributed by atoms with Crippen LogP contribution in [-0.4, -0.2) is 28.0 Å². The molecule has 4 heteroatoms. The molecule has 1 rings (SSSR count). The molecule has 0 spiro atoms. The van der Waals surface area contributed by atoms with Crippen LogP contribution in [-0.2, 0) is 0 Å². The quantitative estimate of drug-likeness (QED) is 0.664. The topological polar surface area (TPSA) is 64.1 Å². The van der Waals surface area contributed by atoms with Gasteiger partial charge in [0.15, 0.2) is 0 Å². The lowest BCUT2D eigenvalue weighted by Crippen LogP contribution is -2.15. The van der Waals surface area contributed by atoms with Crippen molar-refractivity contribution in [1.29, 1.82) is 0 Å². The van der Waals surface area contributed by atoms with Crippen LogP contribution >= 0.6 is 0 Å². The van der Waals surface area contributed by atoms with Crippen molar-refractivity contribution in [3.05, 3.63) is 24.5 Å². The Labute approximate surface area is 71.3 Å². The zero-order valence-corrected chi connectivity index (χ0v) is 6.85. The third-order valence-corrected chi connectivity index (χ3v) is 1.78. The number of aliphatic hydroxyl groups excluding tert-OH is 1. The Kier molecular flexibility index (Phi) is 3.01. The minimum Gasteiger partial charge on any atom is -0.396 e. The summed E-state index contributed by atoms with van der Waals surface area (Å²) in [7, 11) is 0. The van der Waals surface area contributed by atoms with E-state index in [0.29, 0.717) is 6.54 Å². The van der Waals surface area contributed by atoms with Crippen molar-refractivity contribution >= 4 is 6.20 Å². The Hall–Kier alpha value is -1.13. The zero-order valence-electron chi connectivity index (χ0n) is 6.85. The van der Waals surface area contributed by atoms with E-state index in [0.717, 1.165) is 5.56 Å². The van der Waals surface area contributed by atoms with Crippen LogP contribution in [0.25, 0.3) is 6.20 Å². The monoisotopic (exact) mass is 167 g/mol. The number of aliphatic hydroxyl groups is 1. The average Bonchev–Trinajstić information content (AvgIpc) is 2.55. The highest BCUT2D eigenvalue weighted by atomic mass is 16.3. The summed E-state index contributed by atoms with van der Waals surface area (Å²) in [6.45, 7) is 4.05. The van der Waals surface area contributed by atoms with Crippen LogP contribution in [0.1, 0.15) is 11.5 Å². The number of aromatic nitrogens is 2. The predicted octanol–water partition coefficient (Wildman–Crippen LogP) is 0.0182. The molecule has 66 valence electrons. The molecule has 1 heterocycles. The fourth-order valence-electron chi connectivity index (χ4n) is 0.979. The standard InChI is InChI=1S/C8H13N3O/c1-2-11-5-8(4-10-11)7(3-9)6-12/h2,4-5,7,12H,1,3,6,9H2. The first-order valence-electron chi connectivity index (χ1n) is 3.79. The Bertz CT molecular complexity index is 253. The van der Waals surface area contributed by atoms with E-state index < -0.39 is 0 Å². The summed E-state index contributed by atoms with van der Waals surface area (Å²) in [5.74, 6) is -0.0151. The third kappa shape index (κ3) is 1.72. The zero-order chi connectivity index (χ0) is 8.97. The van der Waals surface area contributed by atoms with Gasteiger partial charge in [-0.1, -0.05) is 6.58 Å². The van der Waals surface area contributed by atoms with Gasteiger partial charge in [0.25, 0.3) is 0 Å². The molecule has 1 aromatic heterocycles. The summed E-state index contributed by atoms with van der Waals surface area (Å²) in [5, 5.41) is 12.9. The second-order valence-electron chi connectivity index (χ2n) is 2.55. The molecule has 0 aliphatic carbocycles. The highest BCUT2D eigenvalue weighted by molar-refractivity contribution is 5.20. The van der Waals surface area contributed by atoms with E-state index in [1.165, 1.54) is 0 Å². The lowest BCUT2D eigenvalue weighted by molar-refractivity contribution is 0.268. The highest BCUT2D eigenvalue weighted by Gasteiger charge is 2.09. The first-order valence-corrected chi connectivity index (χ1v) is 3.79. The second kappa shape index (κ2) is 4.04. The van der Waals surface area contributed by atoms with Gasteiger partial charge < -0.3 is 10.8 Å². The number of hydrogen-bond donors (Lipinski definition) is 2. The molecule has 1 unspecified atom stereocenters. The minimum absolute atomic E-state index is 0.0151. The van der Waals surface area contributed by atoms with Gasteiger partial charge in [-0.3, -0.25) is 0 Å². The molecule has 12 heavy (non-hydrogen) atoms. The fourth-order valence-corrected chi connectivity index (χ4v) is 0.979. The Morgan fingerprint density at radius 1 is 1.83 bits per heavy atom. The molecular formula is C8H13N3O. The van der Waals surface area contributed by atoms with E-state index in [4.69, 9.17) is 10.8 Å². The maximum atomic E-state index is 8.92. The summed E-state index contributed by atoms with van der Waals surface area (Å²) in [6.07, 6.45) is 5.09. The lowest BCUT2D eigenvalue weighted by Gasteiger charge is -2.06. The Morgan fingerprint density at radius 3 is 3.00 bits per heavy atom. The van der Waals surface area contributed by atoms with Crippen molar-refractivity contribution in [3.63, 3.8) is 0 Å². The van der Waals surface area contributed by atoms with Crippen LogP contribution in [0.3, 0.4) is 0 Å². The normalized spacial score (nSPS) is 12.8. The van der Waals surface area contributed by atoms with E-state index in [1.54, 1.807) is 23.3 Å². The third-order valence-electron chi connectivity index (χ3n) is 1.78. The fraction of sp³-hybridized carbons (Fsp3) is 0.375. The van der Waals surface area contributed by atoms with Gasteiger partial charge in [-0.25, -0.2) is 4.68 Å². The average molecular weight is 167 g/mol. The molecule has 0 radical (unpaired) electrons. The predicted molar refractivity (Wildman–Crippen MR) is 47.5 cm³/mol. The van der Waals surface area contributed by atoms with Crippen LogP contribution in [0.2, 0.25) is 0 Å². The van der Waals surface area contributed by atoms with E-state index in [2.05, 4.69) is 11.7 Å². The van der Waals surface area contributed by atoms with Gasteiger partial charge in [0.1, 0.15) is 0 Å². The Morgan fingerprint density at radius 2 is 2.58 bits per heavy atom. The van der Waals surface area contributed by atoms with Crippen LogP contribution in [0, 0.1) is 0 Å². The van der Waals surface area contributed by atoms with Gasteiger partial charge in [-0.2, -0.15) is 5.10 Å². The molecule has 0 aliphatic rings. The summed E-state index contributed by atoms with van der Waals surface area (Å²) < 4.78 is 1.59. The molecule has 4 nitrogen and oxygen atoms in total. The van der Waals surface area contributed by atoms with Gasteiger partial charge in [0, 0.05) is 24.9 Å². The van der Waals surface area contributed by atoms with Crippen molar-refractivity contribution in [2.45, 2.75) is 5.92 Å². The van der Waals surface area contributed by atoms with Gasteiger partial charge in [0.2, 0.25) is 0 Å². The van der Waals surface area contributed by atoms with E-state index in [1.807, 2.05) is 0 Å². The molecule has 0 fully saturated rings. The molecule has 3 N–H and O–H groups in total. The number of nitrogens with two attached hydrogens (primary N) is 1. The summed E-state index contributed by atoms with van der Waals surface area (Å²) in [4.78, 5) is 0. The van der Waals surface area contributed by atoms with E-state index in [-0.39, 0.29) is 12.5 Å². The van der Waals surface area contributed by atoms with E-state index >= 15 is 0 Å².